The lowest BCUT2D eigenvalue weighted by atomic mass is 9.95. The molecule has 26 heavy (non-hydrogen) atoms. The standard InChI is InChI=1S/C21H21BrN2O2/c1-14-11-16(22)7-9-19(14)20-10-8-18(26-20)12-15(13-23)21(25)24-17-5-3-2-4-6-17/h7-12,17H,2-6H2,1H3,(H,24,25). The van der Waals surface area contributed by atoms with Gasteiger partial charge in [-0.05, 0) is 55.7 Å². The van der Waals surface area contributed by atoms with Gasteiger partial charge >= 0.3 is 0 Å². The Morgan fingerprint density at radius 2 is 2.04 bits per heavy atom. The summed E-state index contributed by atoms with van der Waals surface area (Å²) in [6.45, 7) is 2.01. The van der Waals surface area contributed by atoms with Crippen molar-refractivity contribution >= 4 is 27.9 Å². The van der Waals surface area contributed by atoms with Gasteiger partial charge in [0, 0.05) is 22.2 Å². The lowest BCUT2D eigenvalue weighted by molar-refractivity contribution is -0.117. The van der Waals surface area contributed by atoms with Crippen LogP contribution in [0.1, 0.15) is 43.4 Å². The van der Waals surface area contributed by atoms with E-state index in [1.165, 1.54) is 12.5 Å². The van der Waals surface area contributed by atoms with Crippen molar-refractivity contribution in [3.8, 4) is 17.4 Å². The minimum Gasteiger partial charge on any atom is -0.457 e. The highest BCUT2D eigenvalue weighted by Gasteiger charge is 2.18. The summed E-state index contributed by atoms with van der Waals surface area (Å²) in [6.07, 6.45) is 6.96. The van der Waals surface area contributed by atoms with E-state index in [1.54, 1.807) is 6.07 Å². The fourth-order valence-electron chi connectivity index (χ4n) is 3.28. The van der Waals surface area contributed by atoms with E-state index < -0.39 is 0 Å². The van der Waals surface area contributed by atoms with E-state index in [-0.39, 0.29) is 17.5 Å². The molecule has 1 saturated carbocycles. The zero-order valence-electron chi connectivity index (χ0n) is 14.7. The summed E-state index contributed by atoms with van der Waals surface area (Å²) in [5, 5.41) is 12.3. The fraction of sp³-hybridized carbons (Fsp3) is 0.333. The number of carbonyl (C=O) groups is 1. The molecule has 0 atom stereocenters. The number of nitriles is 1. The first-order chi connectivity index (χ1) is 12.6. The van der Waals surface area contributed by atoms with Crippen molar-refractivity contribution in [1.29, 1.82) is 5.26 Å². The molecule has 2 aromatic rings. The Hall–Kier alpha value is -2.32. The van der Waals surface area contributed by atoms with Crippen LogP contribution in [0, 0.1) is 18.3 Å². The number of aryl methyl sites for hydroxylation is 1. The molecule has 0 bridgehead atoms. The van der Waals surface area contributed by atoms with E-state index in [2.05, 4.69) is 21.2 Å². The average molecular weight is 413 g/mol. The van der Waals surface area contributed by atoms with E-state index in [9.17, 15) is 10.1 Å². The fourth-order valence-corrected chi connectivity index (χ4v) is 3.76. The molecule has 0 spiro atoms. The van der Waals surface area contributed by atoms with Crippen LogP contribution in [0.3, 0.4) is 0 Å². The number of hydrogen-bond donors (Lipinski definition) is 1. The topological polar surface area (TPSA) is 66.0 Å². The first-order valence-corrected chi connectivity index (χ1v) is 9.65. The van der Waals surface area contributed by atoms with Gasteiger partial charge in [-0.2, -0.15) is 5.26 Å². The molecule has 1 aliphatic carbocycles. The quantitative estimate of drug-likeness (QED) is 0.541. The zero-order valence-corrected chi connectivity index (χ0v) is 16.3. The molecule has 0 unspecified atom stereocenters. The molecule has 4 nitrogen and oxygen atoms in total. The molecule has 5 heteroatoms. The number of halogens is 1. The highest BCUT2D eigenvalue weighted by Crippen LogP contribution is 2.28. The van der Waals surface area contributed by atoms with Gasteiger partial charge in [0.25, 0.3) is 5.91 Å². The summed E-state index contributed by atoms with van der Waals surface area (Å²) in [4.78, 5) is 12.4. The van der Waals surface area contributed by atoms with Crippen LogP contribution >= 0.6 is 15.9 Å². The molecule has 1 aromatic heterocycles. The van der Waals surface area contributed by atoms with Gasteiger partial charge in [-0.3, -0.25) is 4.79 Å². The van der Waals surface area contributed by atoms with Crippen LogP contribution < -0.4 is 5.32 Å². The van der Waals surface area contributed by atoms with Gasteiger partial charge in [-0.25, -0.2) is 0 Å². The maximum absolute atomic E-state index is 12.4. The van der Waals surface area contributed by atoms with Crippen molar-refractivity contribution in [2.24, 2.45) is 0 Å². The number of amides is 1. The molecular formula is C21H21BrN2O2. The van der Waals surface area contributed by atoms with Crippen molar-refractivity contribution in [1.82, 2.24) is 5.32 Å². The molecule has 0 aliphatic heterocycles. The SMILES string of the molecule is Cc1cc(Br)ccc1-c1ccc(C=C(C#N)C(=O)NC2CCCCC2)o1. The number of hydrogen-bond acceptors (Lipinski definition) is 3. The van der Waals surface area contributed by atoms with E-state index in [0.29, 0.717) is 11.5 Å². The number of furan rings is 1. The van der Waals surface area contributed by atoms with Crippen molar-refractivity contribution in [2.75, 3.05) is 0 Å². The maximum Gasteiger partial charge on any atom is 0.262 e. The minimum atomic E-state index is -0.322. The average Bonchev–Trinajstić information content (AvgIpc) is 3.08. The summed E-state index contributed by atoms with van der Waals surface area (Å²) >= 11 is 3.45. The molecule has 1 aliphatic rings. The highest BCUT2D eigenvalue weighted by molar-refractivity contribution is 9.10. The predicted molar refractivity (Wildman–Crippen MR) is 105 cm³/mol. The molecule has 3 rings (SSSR count). The van der Waals surface area contributed by atoms with Crippen LogP contribution in [0.15, 0.2) is 44.8 Å². The third-order valence-corrected chi connectivity index (χ3v) is 5.17. The van der Waals surface area contributed by atoms with Crippen LogP contribution in [0.25, 0.3) is 17.4 Å². The van der Waals surface area contributed by atoms with Crippen molar-refractivity contribution < 1.29 is 9.21 Å². The van der Waals surface area contributed by atoms with E-state index in [0.717, 1.165) is 41.3 Å². The Labute approximate surface area is 162 Å². The number of rotatable bonds is 4. The Balaban J connectivity index is 1.76. The molecule has 1 heterocycles. The largest absolute Gasteiger partial charge is 0.457 e. The molecule has 134 valence electrons. The van der Waals surface area contributed by atoms with Gasteiger partial charge in [0.1, 0.15) is 23.2 Å². The maximum atomic E-state index is 12.4. The number of nitrogens with zero attached hydrogens (tertiary/aromatic N) is 1. The van der Waals surface area contributed by atoms with Crippen LogP contribution in [-0.2, 0) is 4.79 Å². The normalized spacial score (nSPS) is 15.5. The van der Waals surface area contributed by atoms with Gasteiger partial charge in [-0.15, -0.1) is 0 Å². The molecule has 0 saturated heterocycles. The number of nitrogens with one attached hydrogen (secondary N) is 1. The molecule has 1 fully saturated rings. The minimum absolute atomic E-state index is 0.0731. The highest BCUT2D eigenvalue weighted by atomic mass is 79.9. The van der Waals surface area contributed by atoms with Gasteiger partial charge in [-0.1, -0.05) is 35.2 Å². The van der Waals surface area contributed by atoms with E-state index in [4.69, 9.17) is 4.42 Å². The Bertz CT molecular complexity index is 870. The molecule has 1 N–H and O–H groups in total. The van der Waals surface area contributed by atoms with E-state index in [1.807, 2.05) is 37.3 Å². The summed E-state index contributed by atoms with van der Waals surface area (Å²) in [5.41, 5.74) is 2.14. The Kier molecular flexibility index (Phi) is 5.95. The third kappa shape index (κ3) is 4.44. The number of benzene rings is 1. The Morgan fingerprint density at radius 1 is 1.27 bits per heavy atom. The summed E-state index contributed by atoms with van der Waals surface area (Å²) < 4.78 is 6.85. The van der Waals surface area contributed by atoms with Gasteiger partial charge < -0.3 is 9.73 Å². The molecular weight excluding hydrogens is 392 g/mol. The number of carbonyl (C=O) groups excluding carboxylic acids is 1. The van der Waals surface area contributed by atoms with Crippen molar-refractivity contribution in [3.05, 3.63) is 51.7 Å². The van der Waals surface area contributed by atoms with Crippen LogP contribution in [0.2, 0.25) is 0 Å². The predicted octanol–water partition coefficient (Wildman–Crippen LogP) is 5.37. The third-order valence-electron chi connectivity index (χ3n) is 4.67. The van der Waals surface area contributed by atoms with Crippen molar-refractivity contribution in [3.63, 3.8) is 0 Å². The van der Waals surface area contributed by atoms with Crippen LogP contribution in [0.5, 0.6) is 0 Å². The second-order valence-electron chi connectivity index (χ2n) is 6.64. The van der Waals surface area contributed by atoms with Gasteiger partial charge in [0.05, 0.1) is 0 Å². The first-order valence-electron chi connectivity index (χ1n) is 8.86. The van der Waals surface area contributed by atoms with Gasteiger partial charge in [0.2, 0.25) is 0 Å². The van der Waals surface area contributed by atoms with Crippen LogP contribution in [-0.4, -0.2) is 11.9 Å². The van der Waals surface area contributed by atoms with Crippen molar-refractivity contribution in [2.45, 2.75) is 45.1 Å². The smallest absolute Gasteiger partial charge is 0.262 e. The molecule has 1 amide bonds. The van der Waals surface area contributed by atoms with E-state index >= 15 is 0 Å². The first kappa shape index (κ1) is 18.5. The summed E-state index contributed by atoms with van der Waals surface area (Å²) in [7, 11) is 0. The summed E-state index contributed by atoms with van der Waals surface area (Å²) in [6, 6.07) is 11.8. The monoisotopic (exact) mass is 412 g/mol. The Morgan fingerprint density at radius 3 is 2.73 bits per heavy atom. The second-order valence-corrected chi connectivity index (χ2v) is 7.56. The molecule has 0 radical (unpaired) electrons. The lowest BCUT2D eigenvalue weighted by Gasteiger charge is -2.22. The van der Waals surface area contributed by atoms with Crippen LogP contribution in [0.4, 0.5) is 0 Å². The zero-order chi connectivity index (χ0) is 18.5. The lowest BCUT2D eigenvalue weighted by Crippen LogP contribution is -2.36. The van der Waals surface area contributed by atoms with Gasteiger partial charge in [0.15, 0.2) is 0 Å². The molecule has 1 aromatic carbocycles. The summed E-state index contributed by atoms with van der Waals surface area (Å²) in [5.74, 6) is 0.890. The second kappa shape index (κ2) is 8.37.